The van der Waals surface area contributed by atoms with E-state index in [4.69, 9.17) is 9.97 Å². The SMILES string of the molecule is c1ccc(-c2nc(-c3ccc(N(c4ccccc4)c4ccccc4)cc3)nc3c2cc(-n2c4ccccc4c4ccccc42)c2ccccc23)cc1. The maximum absolute atomic E-state index is 5.36. The van der Waals surface area contributed by atoms with Gasteiger partial charge in [0.25, 0.3) is 0 Å². The number of hydrogen-bond acceptors (Lipinski definition) is 3. The zero-order chi connectivity index (χ0) is 34.4. The Kier molecular flexibility index (Phi) is 7.10. The van der Waals surface area contributed by atoms with Gasteiger partial charge in [0.1, 0.15) is 0 Å². The molecule has 0 aliphatic heterocycles. The Morgan fingerprint density at radius 3 is 1.44 bits per heavy atom. The molecule has 244 valence electrons. The standard InChI is InChI=1S/C48H32N4/c1-4-16-33(17-5-1)46-42-32-45(52-43-26-14-12-22-38(43)39-23-13-15-27-44(39)52)40-24-10-11-25-41(40)47(42)50-48(49-46)34-28-30-37(31-29-34)51(35-18-6-2-7-19-35)36-20-8-3-9-21-36/h1-32H. The molecule has 52 heavy (non-hydrogen) atoms. The van der Waals surface area contributed by atoms with Crippen molar-refractivity contribution >= 4 is 60.5 Å². The lowest BCUT2D eigenvalue weighted by Gasteiger charge is -2.25. The number of para-hydroxylation sites is 4. The summed E-state index contributed by atoms with van der Waals surface area (Å²) in [6.07, 6.45) is 0. The molecule has 4 nitrogen and oxygen atoms in total. The van der Waals surface area contributed by atoms with Crippen LogP contribution in [0.1, 0.15) is 0 Å². The van der Waals surface area contributed by atoms with E-state index in [0.29, 0.717) is 5.82 Å². The molecule has 10 aromatic rings. The summed E-state index contributed by atoms with van der Waals surface area (Å²) in [6, 6.07) is 68.3. The fourth-order valence-electron chi connectivity index (χ4n) is 7.61. The first kappa shape index (κ1) is 29.8. The highest BCUT2D eigenvalue weighted by Gasteiger charge is 2.20. The lowest BCUT2D eigenvalue weighted by molar-refractivity contribution is 1.19. The second kappa shape index (κ2) is 12.4. The quantitative estimate of drug-likeness (QED) is 0.166. The second-order valence-electron chi connectivity index (χ2n) is 13.0. The van der Waals surface area contributed by atoms with Crippen molar-refractivity contribution in [1.29, 1.82) is 0 Å². The zero-order valence-corrected chi connectivity index (χ0v) is 28.3. The molecule has 0 unspecified atom stereocenters. The predicted octanol–water partition coefficient (Wildman–Crippen LogP) is 12.7. The predicted molar refractivity (Wildman–Crippen MR) is 217 cm³/mol. The van der Waals surface area contributed by atoms with Crippen LogP contribution in [0.3, 0.4) is 0 Å². The molecule has 0 saturated heterocycles. The molecule has 0 N–H and O–H groups in total. The Hall–Kier alpha value is -7.04. The maximum atomic E-state index is 5.36. The molecule has 0 radical (unpaired) electrons. The molecule has 0 aliphatic carbocycles. The summed E-state index contributed by atoms with van der Waals surface area (Å²) in [5, 5.41) is 5.72. The van der Waals surface area contributed by atoms with Gasteiger partial charge < -0.3 is 9.47 Å². The average Bonchev–Trinajstić information content (AvgIpc) is 3.56. The number of hydrogen-bond donors (Lipinski definition) is 0. The number of aromatic nitrogens is 3. The highest BCUT2D eigenvalue weighted by atomic mass is 15.1. The minimum atomic E-state index is 0.693. The van der Waals surface area contributed by atoms with Crippen molar-refractivity contribution in [2.45, 2.75) is 0 Å². The summed E-state index contributed by atoms with van der Waals surface area (Å²) in [4.78, 5) is 13.0. The van der Waals surface area contributed by atoms with Crippen LogP contribution in [0.25, 0.3) is 71.8 Å². The van der Waals surface area contributed by atoms with E-state index in [0.717, 1.165) is 61.2 Å². The Morgan fingerprint density at radius 1 is 0.365 bits per heavy atom. The minimum absolute atomic E-state index is 0.693. The second-order valence-corrected chi connectivity index (χ2v) is 13.0. The minimum Gasteiger partial charge on any atom is -0.311 e. The van der Waals surface area contributed by atoms with Crippen LogP contribution in [-0.4, -0.2) is 14.5 Å². The highest BCUT2D eigenvalue weighted by Crippen LogP contribution is 2.41. The van der Waals surface area contributed by atoms with Gasteiger partial charge in [-0.15, -0.1) is 0 Å². The van der Waals surface area contributed by atoms with Crippen molar-refractivity contribution in [2.24, 2.45) is 0 Å². The molecule has 0 spiro atoms. The molecule has 10 rings (SSSR count). The van der Waals surface area contributed by atoms with Gasteiger partial charge in [-0.25, -0.2) is 9.97 Å². The van der Waals surface area contributed by atoms with Gasteiger partial charge in [-0.3, -0.25) is 0 Å². The molecule has 0 bridgehead atoms. The van der Waals surface area contributed by atoms with E-state index in [1.165, 1.54) is 21.8 Å². The van der Waals surface area contributed by atoms with Crippen molar-refractivity contribution in [3.8, 4) is 28.3 Å². The van der Waals surface area contributed by atoms with E-state index in [1.807, 2.05) is 12.1 Å². The van der Waals surface area contributed by atoms with Crippen LogP contribution in [0.15, 0.2) is 194 Å². The van der Waals surface area contributed by atoms with E-state index in [-0.39, 0.29) is 0 Å². The summed E-state index contributed by atoms with van der Waals surface area (Å²) in [6.45, 7) is 0. The van der Waals surface area contributed by atoms with Gasteiger partial charge in [0.05, 0.1) is 27.9 Å². The van der Waals surface area contributed by atoms with Crippen LogP contribution in [0.4, 0.5) is 17.1 Å². The average molecular weight is 665 g/mol. The fraction of sp³-hybridized carbons (Fsp3) is 0. The van der Waals surface area contributed by atoms with Gasteiger partial charge in [0, 0.05) is 55.1 Å². The van der Waals surface area contributed by atoms with Crippen molar-refractivity contribution < 1.29 is 0 Å². The number of rotatable bonds is 6. The first-order valence-electron chi connectivity index (χ1n) is 17.6. The molecule has 0 amide bonds. The monoisotopic (exact) mass is 664 g/mol. The molecule has 0 fully saturated rings. The van der Waals surface area contributed by atoms with Gasteiger partial charge in [0.15, 0.2) is 5.82 Å². The summed E-state index contributed by atoms with van der Waals surface area (Å²) in [5.74, 6) is 0.693. The highest BCUT2D eigenvalue weighted by molar-refractivity contribution is 6.16. The van der Waals surface area contributed by atoms with Crippen molar-refractivity contribution in [2.75, 3.05) is 4.90 Å². The van der Waals surface area contributed by atoms with Gasteiger partial charge in [-0.2, -0.15) is 0 Å². The van der Waals surface area contributed by atoms with Crippen molar-refractivity contribution in [1.82, 2.24) is 14.5 Å². The van der Waals surface area contributed by atoms with Gasteiger partial charge >= 0.3 is 0 Å². The maximum Gasteiger partial charge on any atom is 0.160 e. The van der Waals surface area contributed by atoms with Gasteiger partial charge in [0.2, 0.25) is 0 Å². The lowest BCUT2D eigenvalue weighted by atomic mass is 9.99. The first-order chi connectivity index (χ1) is 25.8. The summed E-state index contributed by atoms with van der Waals surface area (Å²) < 4.78 is 2.40. The smallest absolute Gasteiger partial charge is 0.160 e. The van der Waals surface area contributed by atoms with Gasteiger partial charge in [-0.05, 0) is 66.7 Å². The van der Waals surface area contributed by atoms with E-state index in [1.54, 1.807) is 0 Å². The third-order valence-electron chi connectivity index (χ3n) is 9.97. The number of benzene rings is 8. The molecule has 0 aliphatic rings. The van der Waals surface area contributed by atoms with E-state index >= 15 is 0 Å². The van der Waals surface area contributed by atoms with Crippen LogP contribution in [0, 0.1) is 0 Å². The molecule has 8 aromatic carbocycles. The summed E-state index contributed by atoms with van der Waals surface area (Å²) in [7, 11) is 0. The van der Waals surface area contributed by atoms with E-state index < -0.39 is 0 Å². The number of anilines is 3. The lowest BCUT2D eigenvalue weighted by Crippen LogP contribution is -2.09. The van der Waals surface area contributed by atoms with E-state index in [9.17, 15) is 0 Å². The molecule has 0 atom stereocenters. The Morgan fingerprint density at radius 2 is 0.846 bits per heavy atom. The van der Waals surface area contributed by atoms with Crippen molar-refractivity contribution in [3.63, 3.8) is 0 Å². The first-order valence-corrected chi connectivity index (χ1v) is 17.6. The zero-order valence-electron chi connectivity index (χ0n) is 28.3. The van der Waals surface area contributed by atoms with Crippen molar-refractivity contribution in [3.05, 3.63) is 194 Å². The van der Waals surface area contributed by atoms with E-state index in [2.05, 4.69) is 191 Å². The molecule has 0 saturated carbocycles. The Bertz CT molecular complexity index is 2790. The van der Waals surface area contributed by atoms with Crippen LogP contribution in [0.5, 0.6) is 0 Å². The fourth-order valence-corrected chi connectivity index (χ4v) is 7.61. The van der Waals surface area contributed by atoms with Crippen LogP contribution in [-0.2, 0) is 0 Å². The number of fused-ring (bicyclic) bond motifs is 6. The molecule has 4 heteroatoms. The number of nitrogens with zero attached hydrogens (tertiary/aromatic N) is 4. The Labute approximate surface area is 301 Å². The summed E-state index contributed by atoms with van der Waals surface area (Å²) in [5.41, 5.74) is 10.6. The van der Waals surface area contributed by atoms with Crippen LogP contribution < -0.4 is 4.90 Å². The molecule has 2 aromatic heterocycles. The van der Waals surface area contributed by atoms with Crippen LogP contribution in [0.2, 0.25) is 0 Å². The normalized spacial score (nSPS) is 11.5. The molecule has 2 heterocycles. The third kappa shape index (κ3) is 4.92. The van der Waals surface area contributed by atoms with Crippen LogP contribution >= 0.6 is 0 Å². The summed E-state index contributed by atoms with van der Waals surface area (Å²) >= 11 is 0. The topological polar surface area (TPSA) is 34.0 Å². The molecular formula is C48H32N4. The molecular weight excluding hydrogens is 633 g/mol. The van der Waals surface area contributed by atoms with Gasteiger partial charge in [-0.1, -0.05) is 127 Å². The largest absolute Gasteiger partial charge is 0.311 e. The third-order valence-corrected chi connectivity index (χ3v) is 9.97. The Balaban J connectivity index is 1.20.